The van der Waals surface area contributed by atoms with Gasteiger partial charge in [0.05, 0.1) is 5.56 Å². The first-order valence-corrected chi connectivity index (χ1v) is 5.01. The molecule has 0 saturated heterocycles. The third-order valence-corrected chi connectivity index (χ3v) is 2.25. The quantitative estimate of drug-likeness (QED) is 0.795. The summed E-state index contributed by atoms with van der Waals surface area (Å²) < 4.78 is 0. The number of hydrogen-bond donors (Lipinski definition) is 1. The van der Waals surface area contributed by atoms with Gasteiger partial charge in [-0.25, -0.2) is 9.97 Å². The fraction of sp³-hybridized carbons (Fsp3) is 0.0769. The normalized spacial score (nSPS) is 10.0. The molecule has 3 nitrogen and oxygen atoms in total. The van der Waals surface area contributed by atoms with Crippen LogP contribution in [-0.2, 0) is 6.42 Å². The number of hydrogen-bond acceptors (Lipinski definition) is 3. The average molecular weight is 212 g/mol. The van der Waals surface area contributed by atoms with E-state index in [2.05, 4.69) is 16.5 Å². The summed E-state index contributed by atoms with van der Waals surface area (Å²) in [6.45, 7) is 3.69. The molecule has 1 heterocycles. The van der Waals surface area contributed by atoms with Crippen LogP contribution in [0.5, 0.6) is 5.75 Å². The predicted molar refractivity (Wildman–Crippen MR) is 63.0 cm³/mol. The molecule has 2 rings (SSSR count). The van der Waals surface area contributed by atoms with E-state index in [-0.39, 0.29) is 5.75 Å². The topological polar surface area (TPSA) is 46.0 Å². The lowest BCUT2D eigenvalue weighted by Crippen LogP contribution is -1.89. The van der Waals surface area contributed by atoms with E-state index < -0.39 is 0 Å². The number of nitrogens with zero attached hydrogens (tertiary/aromatic N) is 2. The Labute approximate surface area is 94.1 Å². The third kappa shape index (κ3) is 2.08. The van der Waals surface area contributed by atoms with Crippen LogP contribution in [0.25, 0.3) is 11.4 Å². The Morgan fingerprint density at radius 2 is 2.00 bits per heavy atom. The van der Waals surface area contributed by atoms with Gasteiger partial charge in [-0.05, 0) is 30.2 Å². The van der Waals surface area contributed by atoms with Gasteiger partial charge in [0.25, 0.3) is 0 Å². The molecule has 3 heteroatoms. The molecule has 0 aliphatic heterocycles. The molecule has 0 unspecified atom stereocenters. The van der Waals surface area contributed by atoms with E-state index in [0.717, 1.165) is 12.0 Å². The van der Waals surface area contributed by atoms with E-state index in [1.54, 1.807) is 24.5 Å². The van der Waals surface area contributed by atoms with Gasteiger partial charge in [-0.15, -0.1) is 6.58 Å². The Kier molecular flexibility index (Phi) is 2.96. The number of allylic oxidation sites excluding steroid dienone is 1. The molecule has 0 atom stereocenters. The fourth-order valence-corrected chi connectivity index (χ4v) is 1.49. The average Bonchev–Trinajstić information content (AvgIpc) is 2.33. The number of rotatable bonds is 3. The van der Waals surface area contributed by atoms with Crippen LogP contribution in [-0.4, -0.2) is 15.1 Å². The van der Waals surface area contributed by atoms with E-state index in [1.165, 1.54) is 0 Å². The standard InChI is InChI=1S/C13H12N2O/c1-2-4-10-5-6-12(16)11(9-10)13-14-7-3-8-15-13/h2-3,5-9,16H,1,4H2. The van der Waals surface area contributed by atoms with Crippen molar-refractivity contribution in [1.29, 1.82) is 0 Å². The highest BCUT2D eigenvalue weighted by atomic mass is 16.3. The van der Waals surface area contributed by atoms with Crippen molar-refractivity contribution in [3.63, 3.8) is 0 Å². The molecule has 0 bridgehead atoms. The minimum absolute atomic E-state index is 0.194. The number of aromatic nitrogens is 2. The smallest absolute Gasteiger partial charge is 0.162 e. The van der Waals surface area contributed by atoms with E-state index in [4.69, 9.17) is 0 Å². The van der Waals surface area contributed by atoms with Crippen molar-refractivity contribution in [3.05, 3.63) is 54.9 Å². The molecule has 1 aromatic heterocycles. The molecule has 16 heavy (non-hydrogen) atoms. The van der Waals surface area contributed by atoms with Crippen LogP contribution in [0.15, 0.2) is 49.3 Å². The fourth-order valence-electron chi connectivity index (χ4n) is 1.49. The summed E-state index contributed by atoms with van der Waals surface area (Å²) in [6, 6.07) is 7.15. The van der Waals surface area contributed by atoms with Crippen LogP contribution in [0.4, 0.5) is 0 Å². The molecule has 1 aromatic carbocycles. The number of benzene rings is 1. The number of phenols is 1. The van der Waals surface area contributed by atoms with Crippen molar-refractivity contribution < 1.29 is 5.11 Å². The Hall–Kier alpha value is -2.16. The molecule has 0 aliphatic rings. The van der Waals surface area contributed by atoms with E-state index >= 15 is 0 Å². The van der Waals surface area contributed by atoms with Crippen molar-refractivity contribution in [3.8, 4) is 17.1 Å². The van der Waals surface area contributed by atoms with E-state index in [1.807, 2.05) is 18.2 Å². The van der Waals surface area contributed by atoms with Crippen molar-refractivity contribution in [2.75, 3.05) is 0 Å². The second-order valence-electron chi connectivity index (χ2n) is 3.42. The lowest BCUT2D eigenvalue weighted by molar-refractivity contribution is 0.476. The van der Waals surface area contributed by atoms with Crippen LogP contribution in [0.1, 0.15) is 5.56 Å². The van der Waals surface area contributed by atoms with Gasteiger partial charge in [-0.1, -0.05) is 12.1 Å². The Morgan fingerprint density at radius 1 is 1.25 bits per heavy atom. The van der Waals surface area contributed by atoms with Crippen LogP contribution < -0.4 is 0 Å². The molecule has 1 N–H and O–H groups in total. The second kappa shape index (κ2) is 4.57. The zero-order chi connectivity index (χ0) is 11.4. The van der Waals surface area contributed by atoms with Crippen molar-refractivity contribution in [1.82, 2.24) is 9.97 Å². The lowest BCUT2D eigenvalue weighted by Gasteiger charge is -2.05. The maximum absolute atomic E-state index is 9.75. The Morgan fingerprint density at radius 3 is 2.69 bits per heavy atom. The monoisotopic (exact) mass is 212 g/mol. The Balaban J connectivity index is 2.47. The number of aromatic hydroxyl groups is 1. The summed E-state index contributed by atoms with van der Waals surface area (Å²) in [5, 5.41) is 9.75. The largest absolute Gasteiger partial charge is 0.507 e. The van der Waals surface area contributed by atoms with Crippen molar-refractivity contribution >= 4 is 0 Å². The van der Waals surface area contributed by atoms with Gasteiger partial charge in [0.1, 0.15) is 5.75 Å². The molecule has 80 valence electrons. The van der Waals surface area contributed by atoms with Crippen LogP contribution in [0, 0.1) is 0 Å². The molecule has 0 spiro atoms. The Bertz CT molecular complexity index is 495. The van der Waals surface area contributed by atoms with Gasteiger partial charge >= 0.3 is 0 Å². The van der Waals surface area contributed by atoms with Crippen LogP contribution in [0.2, 0.25) is 0 Å². The minimum Gasteiger partial charge on any atom is -0.507 e. The summed E-state index contributed by atoms with van der Waals surface area (Å²) in [6.07, 6.45) is 5.89. The lowest BCUT2D eigenvalue weighted by atomic mass is 10.1. The zero-order valence-corrected chi connectivity index (χ0v) is 8.80. The van der Waals surface area contributed by atoms with E-state index in [0.29, 0.717) is 11.4 Å². The number of phenolic OH excluding ortho intramolecular Hbond substituents is 1. The third-order valence-electron chi connectivity index (χ3n) is 2.25. The maximum Gasteiger partial charge on any atom is 0.162 e. The predicted octanol–water partition coefficient (Wildman–Crippen LogP) is 2.58. The van der Waals surface area contributed by atoms with Gasteiger partial charge in [0.2, 0.25) is 0 Å². The molecular weight excluding hydrogens is 200 g/mol. The summed E-state index contributed by atoms with van der Waals surface area (Å²) >= 11 is 0. The highest BCUT2D eigenvalue weighted by Gasteiger charge is 2.06. The summed E-state index contributed by atoms with van der Waals surface area (Å²) in [7, 11) is 0. The first kappa shape index (κ1) is 10.4. The maximum atomic E-state index is 9.75. The van der Waals surface area contributed by atoms with Gasteiger partial charge < -0.3 is 5.11 Å². The molecule has 0 saturated carbocycles. The van der Waals surface area contributed by atoms with E-state index in [9.17, 15) is 5.11 Å². The zero-order valence-electron chi connectivity index (χ0n) is 8.80. The molecule has 0 amide bonds. The van der Waals surface area contributed by atoms with Gasteiger partial charge in [-0.3, -0.25) is 0 Å². The highest BCUT2D eigenvalue weighted by molar-refractivity contribution is 5.64. The van der Waals surface area contributed by atoms with Crippen molar-refractivity contribution in [2.24, 2.45) is 0 Å². The summed E-state index contributed by atoms with van der Waals surface area (Å²) in [5.41, 5.74) is 1.73. The first-order chi connectivity index (χ1) is 7.81. The second-order valence-corrected chi connectivity index (χ2v) is 3.42. The summed E-state index contributed by atoms with van der Waals surface area (Å²) in [5.74, 6) is 0.727. The molecular formula is C13H12N2O. The van der Waals surface area contributed by atoms with Gasteiger partial charge in [0, 0.05) is 12.4 Å². The molecule has 2 aromatic rings. The van der Waals surface area contributed by atoms with Crippen molar-refractivity contribution in [2.45, 2.75) is 6.42 Å². The van der Waals surface area contributed by atoms with Crippen LogP contribution >= 0.6 is 0 Å². The molecule has 0 fully saturated rings. The van der Waals surface area contributed by atoms with Crippen LogP contribution in [0.3, 0.4) is 0 Å². The SMILES string of the molecule is C=CCc1ccc(O)c(-c2ncccn2)c1. The minimum atomic E-state index is 0.194. The first-order valence-electron chi connectivity index (χ1n) is 5.01. The van der Waals surface area contributed by atoms with Gasteiger partial charge in [-0.2, -0.15) is 0 Å². The summed E-state index contributed by atoms with van der Waals surface area (Å²) in [4.78, 5) is 8.23. The highest BCUT2D eigenvalue weighted by Crippen LogP contribution is 2.27. The van der Waals surface area contributed by atoms with Gasteiger partial charge in [0.15, 0.2) is 5.82 Å². The molecule has 0 aliphatic carbocycles. The molecule has 0 radical (unpaired) electrons.